The summed E-state index contributed by atoms with van der Waals surface area (Å²) in [4.78, 5) is 2.66. The lowest BCUT2D eigenvalue weighted by Crippen LogP contribution is -2.48. The zero-order valence-electron chi connectivity index (χ0n) is 17.1. The first-order chi connectivity index (χ1) is 11.8. The molecule has 0 saturated carbocycles. The number of unbranched alkanes of at least 4 members (excludes halogenated alkanes) is 7. The molecule has 0 radical (unpaired) electrons. The van der Waals surface area contributed by atoms with E-state index in [4.69, 9.17) is 0 Å². The Labute approximate surface area is 153 Å². The van der Waals surface area contributed by atoms with Crippen LogP contribution in [0.2, 0.25) is 0 Å². The molecule has 2 atom stereocenters. The maximum atomic E-state index is 3.66. The van der Waals surface area contributed by atoms with E-state index in [1.807, 2.05) is 0 Å². The van der Waals surface area contributed by atoms with Gasteiger partial charge < -0.3 is 10.2 Å². The third-order valence-electron chi connectivity index (χ3n) is 6.03. The van der Waals surface area contributed by atoms with Crippen LogP contribution >= 0.6 is 0 Å². The van der Waals surface area contributed by atoms with Crippen molar-refractivity contribution in [3.05, 3.63) is 0 Å². The minimum absolute atomic E-state index is 0.689. The van der Waals surface area contributed by atoms with E-state index in [0.717, 1.165) is 6.04 Å². The Hall–Kier alpha value is -0.0800. The summed E-state index contributed by atoms with van der Waals surface area (Å²) in [7, 11) is 4.55. The Kier molecular flexibility index (Phi) is 13.9. The van der Waals surface area contributed by atoms with Crippen molar-refractivity contribution >= 4 is 0 Å². The summed E-state index contributed by atoms with van der Waals surface area (Å²) in [6.45, 7) is 3.59. The summed E-state index contributed by atoms with van der Waals surface area (Å²) in [5, 5.41) is 3.66. The van der Waals surface area contributed by atoms with Gasteiger partial charge in [-0.05, 0) is 39.9 Å². The SMILES string of the molecule is CCCCCCCCCCC(NC)C1CCCCCCCCN1C. The van der Waals surface area contributed by atoms with E-state index in [1.54, 1.807) is 0 Å². The molecule has 1 aliphatic heterocycles. The van der Waals surface area contributed by atoms with Gasteiger partial charge in [0.25, 0.3) is 0 Å². The van der Waals surface area contributed by atoms with Gasteiger partial charge in [0.15, 0.2) is 0 Å². The number of hydrogen-bond acceptors (Lipinski definition) is 2. The summed E-state index contributed by atoms with van der Waals surface area (Å²) in [5.41, 5.74) is 0. The molecule has 0 aromatic heterocycles. The van der Waals surface area contributed by atoms with Crippen molar-refractivity contribution in [3.8, 4) is 0 Å². The summed E-state index contributed by atoms with van der Waals surface area (Å²) in [6, 6.07) is 1.44. The molecule has 144 valence electrons. The topological polar surface area (TPSA) is 15.3 Å². The summed E-state index contributed by atoms with van der Waals surface area (Å²) in [5.74, 6) is 0. The Bertz CT molecular complexity index is 267. The predicted octanol–water partition coefficient (Wildman–Crippen LogP) is 6.15. The van der Waals surface area contributed by atoms with Crippen LogP contribution in [-0.4, -0.2) is 37.6 Å². The lowest BCUT2D eigenvalue weighted by atomic mass is 9.93. The minimum atomic E-state index is 0.689. The third-order valence-corrected chi connectivity index (χ3v) is 6.03. The van der Waals surface area contributed by atoms with Gasteiger partial charge in [-0.25, -0.2) is 0 Å². The van der Waals surface area contributed by atoms with Gasteiger partial charge in [0, 0.05) is 12.1 Å². The van der Waals surface area contributed by atoms with E-state index in [0.29, 0.717) is 6.04 Å². The second-order valence-corrected chi connectivity index (χ2v) is 8.12. The van der Waals surface area contributed by atoms with E-state index in [1.165, 1.54) is 109 Å². The van der Waals surface area contributed by atoms with E-state index in [9.17, 15) is 0 Å². The average Bonchev–Trinajstić information content (AvgIpc) is 2.60. The first kappa shape index (κ1) is 22.0. The van der Waals surface area contributed by atoms with Gasteiger partial charge in [0.05, 0.1) is 0 Å². The van der Waals surface area contributed by atoms with Crippen LogP contribution < -0.4 is 5.32 Å². The molecule has 1 N–H and O–H groups in total. The minimum Gasteiger partial charge on any atom is -0.315 e. The van der Waals surface area contributed by atoms with Crippen molar-refractivity contribution in [2.75, 3.05) is 20.6 Å². The van der Waals surface area contributed by atoms with Crippen molar-refractivity contribution in [2.24, 2.45) is 0 Å². The maximum Gasteiger partial charge on any atom is 0.0246 e. The highest BCUT2D eigenvalue weighted by Crippen LogP contribution is 2.20. The van der Waals surface area contributed by atoms with E-state index >= 15 is 0 Å². The first-order valence-electron chi connectivity index (χ1n) is 11.2. The molecular weight excluding hydrogens is 292 g/mol. The van der Waals surface area contributed by atoms with Crippen LogP contribution in [0, 0.1) is 0 Å². The maximum absolute atomic E-state index is 3.66. The molecule has 1 saturated heterocycles. The van der Waals surface area contributed by atoms with Crippen LogP contribution in [0.1, 0.15) is 110 Å². The molecule has 0 bridgehead atoms. The van der Waals surface area contributed by atoms with Crippen LogP contribution in [0.5, 0.6) is 0 Å². The van der Waals surface area contributed by atoms with Gasteiger partial charge in [-0.15, -0.1) is 0 Å². The van der Waals surface area contributed by atoms with Gasteiger partial charge >= 0.3 is 0 Å². The van der Waals surface area contributed by atoms with Gasteiger partial charge in [-0.1, -0.05) is 90.4 Å². The largest absolute Gasteiger partial charge is 0.315 e. The molecular formula is C22H46N2. The summed E-state index contributed by atoms with van der Waals surface area (Å²) < 4.78 is 0. The van der Waals surface area contributed by atoms with Crippen molar-refractivity contribution in [2.45, 2.75) is 122 Å². The second kappa shape index (κ2) is 15.2. The Balaban J connectivity index is 2.25. The Morgan fingerprint density at radius 1 is 0.833 bits per heavy atom. The molecule has 0 amide bonds. The zero-order chi connectivity index (χ0) is 17.5. The van der Waals surface area contributed by atoms with Crippen LogP contribution in [0.4, 0.5) is 0 Å². The molecule has 1 fully saturated rings. The molecule has 0 aromatic carbocycles. The Morgan fingerprint density at radius 2 is 1.42 bits per heavy atom. The quantitative estimate of drug-likeness (QED) is 0.454. The highest BCUT2D eigenvalue weighted by molar-refractivity contribution is 4.83. The number of likely N-dealkylation sites (N-methyl/N-ethyl adjacent to an activating group) is 2. The highest BCUT2D eigenvalue weighted by atomic mass is 15.2. The van der Waals surface area contributed by atoms with Crippen LogP contribution in [0.15, 0.2) is 0 Å². The van der Waals surface area contributed by atoms with Crippen molar-refractivity contribution in [3.63, 3.8) is 0 Å². The molecule has 0 aliphatic carbocycles. The fourth-order valence-electron chi connectivity index (χ4n) is 4.34. The van der Waals surface area contributed by atoms with Gasteiger partial charge in [-0.3, -0.25) is 0 Å². The molecule has 2 unspecified atom stereocenters. The van der Waals surface area contributed by atoms with Gasteiger partial charge in [0.1, 0.15) is 0 Å². The second-order valence-electron chi connectivity index (χ2n) is 8.12. The van der Waals surface area contributed by atoms with Crippen molar-refractivity contribution < 1.29 is 0 Å². The predicted molar refractivity (Wildman–Crippen MR) is 109 cm³/mol. The molecule has 2 nitrogen and oxygen atoms in total. The number of rotatable bonds is 11. The third kappa shape index (κ3) is 10.0. The standard InChI is InChI=1S/C22H46N2/c1-4-5-6-7-8-9-12-15-18-21(23-2)22-19-16-13-10-11-14-17-20-24(22)3/h21-23H,4-20H2,1-3H3. The van der Waals surface area contributed by atoms with Gasteiger partial charge in [0.2, 0.25) is 0 Å². The van der Waals surface area contributed by atoms with Gasteiger partial charge in [-0.2, -0.15) is 0 Å². The smallest absolute Gasteiger partial charge is 0.0246 e. The lowest BCUT2D eigenvalue weighted by molar-refractivity contribution is 0.167. The lowest BCUT2D eigenvalue weighted by Gasteiger charge is -2.35. The monoisotopic (exact) mass is 338 g/mol. The van der Waals surface area contributed by atoms with E-state index in [2.05, 4.69) is 31.2 Å². The zero-order valence-corrected chi connectivity index (χ0v) is 17.1. The normalized spacial score (nSPS) is 22.4. The number of nitrogens with zero attached hydrogens (tertiary/aromatic N) is 1. The highest BCUT2D eigenvalue weighted by Gasteiger charge is 2.23. The molecule has 2 heteroatoms. The van der Waals surface area contributed by atoms with E-state index in [-0.39, 0.29) is 0 Å². The molecule has 24 heavy (non-hydrogen) atoms. The number of hydrogen-bond donors (Lipinski definition) is 1. The molecule has 0 aromatic rings. The Morgan fingerprint density at radius 3 is 2.08 bits per heavy atom. The fraction of sp³-hybridized carbons (Fsp3) is 1.00. The first-order valence-corrected chi connectivity index (χ1v) is 11.2. The van der Waals surface area contributed by atoms with Crippen LogP contribution in [0.3, 0.4) is 0 Å². The summed E-state index contributed by atoms with van der Waals surface area (Å²) in [6.07, 6.45) is 22.8. The molecule has 0 spiro atoms. The fourth-order valence-corrected chi connectivity index (χ4v) is 4.34. The van der Waals surface area contributed by atoms with Crippen LogP contribution in [-0.2, 0) is 0 Å². The summed E-state index contributed by atoms with van der Waals surface area (Å²) >= 11 is 0. The van der Waals surface area contributed by atoms with Crippen molar-refractivity contribution in [1.82, 2.24) is 10.2 Å². The van der Waals surface area contributed by atoms with E-state index < -0.39 is 0 Å². The van der Waals surface area contributed by atoms with Crippen LogP contribution in [0.25, 0.3) is 0 Å². The average molecular weight is 339 g/mol. The molecule has 1 rings (SSSR count). The molecule has 1 heterocycles. The number of nitrogens with one attached hydrogen (secondary N) is 1. The van der Waals surface area contributed by atoms with Crippen molar-refractivity contribution in [1.29, 1.82) is 0 Å². The molecule has 1 aliphatic rings.